The number of thiophene rings is 1. The van der Waals surface area contributed by atoms with E-state index in [1.165, 1.54) is 4.21 Å². The molecule has 1 N–H and O–H groups in total. The first-order valence-corrected chi connectivity index (χ1v) is 7.31. The van der Waals surface area contributed by atoms with E-state index in [0.29, 0.717) is 0 Å². The van der Waals surface area contributed by atoms with Gasteiger partial charge in [0.15, 0.2) is 5.16 Å². The second-order valence-electron chi connectivity index (χ2n) is 3.58. The summed E-state index contributed by atoms with van der Waals surface area (Å²) in [6.07, 6.45) is 4.93. The molecule has 2 rings (SSSR count). The third-order valence-electron chi connectivity index (χ3n) is 2.12. The highest BCUT2D eigenvalue weighted by Crippen LogP contribution is 2.28. The lowest BCUT2D eigenvalue weighted by Crippen LogP contribution is -2.14. The zero-order valence-corrected chi connectivity index (χ0v) is 11.4. The van der Waals surface area contributed by atoms with Crippen molar-refractivity contribution < 1.29 is 0 Å². The van der Waals surface area contributed by atoms with Gasteiger partial charge in [-0.1, -0.05) is 13.0 Å². The maximum absolute atomic E-state index is 4.35. The van der Waals surface area contributed by atoms with Crippen molar-refractivity contribution in [1.29, 1.82) is 0 Å². The smallest absolute Gasteiger partial charge is 0.193 e. The van der Waals surface area contributed by atoms with Gasteiger partial charge in [0.1, 0.15) is 0 Å². The van der Waals surface area contributed by atoms with Crippen molar-refractivity contribution >= 4 is 23.1 Å². The summed E-state index contributed by atoms with van der Waals surface area (Å²) in [7, 11) is 0. The van der Waals surface area contributed by atoms with Crippen molar-refractivity contribution in [1.82, 2.24) is 15.3 Å². The Hall–Kier alpha value is -0.910. The Balaban J connectivity index is 1.89. The highest BCUT2D eigenvalue weighted by atomic mass is 32.2. The molecular formula is C12H15N3S2. The maximum Gasteiger partial charge on any atom is 0.193 e. The molecule has 90 valence electrons. The van der Waals surface area contributed by atoms with E-state index in [4.69, 9.17) is 0 Å². The molecular weight excluding hydrogens is 250 g/mol. The van der Waals surface area contributed by atoms with Gasteiger partial charge in [-0.15, -0.1) is 11.3 Å². The van der Waals surface area contributed by atoms with Gasteiger partial charge in [-0.2, -0.15) is 0 Å². The Morgan fingerprint density at radius 2 is 2.18 bits per heavy atom. The number of aromatic nitrogens is 2. The molecule has 0 aliphatic carbocycles. The zero-order chi connectivity index (χ0) is 11.9. The minimum Gasteiger partial charge on any atom is -0.313 e. The average Bonchev–Trinajstić information content (AvgIpc) is 2.85. The predicted molar refractivity (Wildman–Crippen MR) is 72.5 cm³/mol. The first-order chi connectivity index (χ1) is 8.38. The second-order valence-corrected chi connectivity index (χ2v) is 5.80. The summed E-state index contributed by atoms with van der Waals surface area (Å²) >= 11 is 3.32. The van der Waals surface area contributed by atoms with Gasteiger partial charge in [-0.05, 0) is 36.2 Å². The molecule has 0 saturated heterocycles. The van der Waals surface area contributed by atoms with Crippen LogP contribution < -0.4 is 5.32 Å². The maximum atomic E-state index is 4.35. The molecule has 2 heterocycles. The van der Waals surface area contributed by atoms with Crippen LogP contribution in [0.2, 0.25) is 0 Å². The number of hydrogen-bond donors (Lipinski definition) is 1. The van der Waals surface area contributed by atoms with Gasteiger partial charge in [0, 0.05) is 24.5 Å². The van der Waals surface area contributed by atoms with E-state index in [-0.39, 0.29) is 0 Å². The third-order valence-corrected chi connectivity index (χ3v) is 4.06. The molecule has 0 bridgehead atoms. The van der Waals surface area contributed by atoms with E-state index in [9.17, 15) is 0 Å². The van der Waals surface area contributed by atoms with Gasteiger partial charge >= 0.3 is 0 Å². The first-order valence-electron chi connectivity index (χ1n) is 5.61. The molecule has 0 saturated carbocycles. The fourth-order valence-electron chi connectivity index (χ4n) is 1.31. The standard InChI is InChI=1S/C12H15N3S2/c1-2-5-13-7-10-8-14-12(15-9-10)17-11-4-3-6-16-11/h3-4,6,8-9,13H,2,5,7H2,1H3. The molecule has 0 spiro atoms. The van der Waals surface area contributed by atoms with Crippen LogP contribution in [0.4, 0.5) is 0 Å². The highest BCUT2D eigenvalue weighted by molar-refractivity contribution is 8.01. The normalized spacial score (nSPS) is 10.6. The Morgan fingerprint density at radius 1 is 1.35 bits per heavy atom. The van der Waals surface area contributed by atoms with E-state index in [0.717, 1.165) is 30.2 Å². The van der Waals surface area contributed by atoms with Crippen molar-refractivity contribution in [2.45, 2.75) is 29.3 Å². The molecule has 17 heavy (non-hydrogen) atoms. The zero-order valence-electron chi connectivity index (χ0n) is 9.72. The van der Waals surface area contributed by atoms with Crippen molar-refractivity contribution in [2.24, 2.45) is 0 Å². The summed E-state index contributed by atoms with van der Waals surface area (Å²) in [5, 5.41) is 6.20. The molecule has 0 atom stereocenters. The Labute approximate surface area is 110 Å². The van der Waals surface area contributed by atoms with Gasteiger partial charge in [-0.3, -0.25) is 0 Å². The minimum absolute atomic E-state index is 0.812. The lowest BCUT2D eigenvalue weighted by atomic mass is 10.3. The summed E-state index contributed by atoms with van der Waals surface area (Å²) in [5.74, 6) is 0. The Kier molecular flexibility index (Phi) is 4.97. The first kappa shape index (κ1) is 12.5. The number of rotatable bonds is 6. The quantitative estimate of drug-likeness (QED) is 0.643. The number of nitrogens with one attached hydrogen (secondary N) is 1. The molecule has 0 fully saturated rings. The molecule has 0 aromatic carbocycles. The van der Waals surface area contributed by atoms with E-state index >= 15 is 0 Å². The highest BCUT2D eigenvalue weighted by Gasteiger charge is 2.01. The third kappa shape index (κ3) is 4.11. The van der Waals surface area contributed by atoms with Crippen LogP contribution in [0.3, 0.4) is 0 Å². The van der Waals surface area contributed by atoms with Crippen LogP contribution in [0.15, 0.2) is 39.3 Å². The van der Waals surface area contributed by atoms with Gasteiger partial charge in [0.05, 0.1) is 4.21 Å². The van der Waals surface area contributed by atoms with E-state index in [2.05, 4.69) is 33.7 Å². The summed E-state index contributed by atoms with van der Waals surface area (Å²) in [4.78, 5) is 8.70. The van der Waals surface area contributed by atoms with Crippen LogP contribution in [0, 0.1) is 0 Å². The number of nitrogens with zero attached hydrogens (tertiary/aromatic N) is 2. The van der Waals surface area contributed by atoms with Crippen molar-refractivity contribution in [3.05, 3.63) is 35.5 Å². The van der Waals surface area contributed by atoms with E-state index < -0.39 is 0 Å². The van der Waals surface area contributed by atoms with Crippen LogP contribution in [0.1, 0.15) is 18.9 Å². The summed E-state index contributed by atoms with van der Waals surface area (Å²) < 4.78 is 1.22. The second kappa shape index (κ2) is 6.74. The van der Waals surface area contributed by atoms with Gasteiger partial charge in [0.2, 0.25) is 0 Å². The summed E-state index contributed by atoms with van der Waals surface area (Å²) in [5.41, 5.74) is 1.13. The predicted octanol–water partition coefficient (Wildman–Crippen LogP) is 3.19. The minimum atomic E-state index is 0.812. The number of hydrogen-bond acceptors (Lipinski definition) is 5. The van der Waals surface area contributed by atoms with Gasteiger partial charge < -0.3 is 5.32 Å². The van der Waals surface area contributed by atoms with Crippen LogP contribution >= 0.6 is 23.1 Å². The van der Waals surface area contributed by atoms with Gasteiger partial charge in [0.25, 0.3) is 0 Å². The average molecular weight is 265 g/mol. The summed E-state index contributed by atoms with van der Waals surface area (Å²) in [6, 6.07) is 4.12. The monoisotopic (exact) mass is 265 g/mol. The topological polar surface area (TPSA) is 37.8 Å². The molecule has 0 radical (unpaired) electrons. The molecule has 0 aliphatic rings. The molecule has 5 heteroatoms. The molecule has 0 unspecified atom stereocenters. The largest absolute Gasteiger partial charge is 0.313 e. The lowest BCUT2D eigenvalue weighted by Gasteiger charge is -2.03. The lowest BCUT2D eigenvalue weighted by molar-refractivity contribution is 0.669. The molecule has 2 aromatic heterocycles. The van der Waals surface area contributed by atoms with Crippen LogP contribution in [0.25, 0.3) is 0 Å². The fraction of sp³-hybridized carbons (Fsp3) is 0.333. The van der Waals surface area contributed by atoms with Crippen LogP contribution in [-0.4, -0.2) is 16.5 Å². The van der Waals surface area contributed by atoms with Crippen molar-refractivity contribution in [2.75, 3.05) is 6.54 Å². The van der Waals surface area contributed by atoms with E-state index in [1.807, 2.05) is 18.5 Å². The fourth-order valence-corrected chi connectivity index (χ4v) is 2.88. The SMILES string of the molecule is CCCNCc1cnc(Sc2cccs2)nc1. The molecule has 2 aromatic rings. The Bertz CT molecular complexity index is 426. The van der Waals surface area contributed by atoms with E-state index in [1.54, 1.807) is 23.1 Å². The molecule has 3 nitrogen and oxygen atoms in total. The summed E-state index contributed by atoms with van der Waals surface area (Å²) in [6.45, 7) is 4.04. The van der Waals surface area contributed by atoms with Crippen LogP contribution in [0.5, 0.6) is 0 Å². The molecule has 0 aliphatic heterocycles. The molecule has 0 amide bonds. The van der Waals surface area contributed by atoms with Gasteiger partial charge in [-0.25, -0.2) is 9.97 Å². The van der Waals surface area contributed by atoms with Crippen LogP contribution in [-0.2, 0) is 6.54 Å². The Morgan fingerprint density at radius 3 is 2.82 bits per heavy atom. The van der Waals surface area contributed by atoms with Crippen molar-refractivity contribution in [3.8, 4) is 0 Å². The van der Waals surface area contributed by atoms with Crippen molar-refractivity contribution in [3.63, 3.8) is 0 Å².